The Morgan fingerprint density at radius 3 is 1.40 bits per heavy atom. The van der Waals surface area contributed by atoms with Crippen molar-refractivity contribution in [2.75, 3.05) is 0 Å². The molecule has 0 bridgehead atoms. The smallest absolute Gasteiger partial charge is 0.132 e. The quantitative estimate of drug-likeness (QED) is 0.569. The van der Waals surface area contributed by atoms with Gasteiger partial charge < -0.3 is 0 Å². The van der Waals surface area contributed by atoms with Crippen LogP contribution in [0.2, 0.25) is 0 Å². The van der Waals surface area contributed by atoms with Gasteiger partial charge in [-0.05, 0) is 62.2 Å². The van der Waals surface area contributed by atoms with E-state index in [0.717, 1.165) is 37.5 Å². The number of fused-ring (bicyclic) bond motifs is 3. The molecule has 0 aromatic heterocycles. The predicted molar refractivity (Wildman–Crippen MR) is 83.6 cm³/mol. The summed E-state index contributed by atoms with van der Waals surface area (Å²) in [7, 11) is 0. The van der Waals surface area contributed by atoms with Crippen molar-refractivity contribution in [2.45, 2.75) is 89.9 Å². The van der Waals surface area contributed by atoms with Crippen LogP contribution in [0.3, 0.4) is 0 Å². The first kappa shape index (κ1) is 14.6. The summed E-state index contributed by atoms with van der Waals surface area (Å²) in [6.07, 6.45) is 19.7. The summed E-state index contributed by atoms with van der Waals surface area (Å²) in [5, 5.41) is 0. The lowest BCUT2D eigenvalue weighted by atomic mass is 9.58. The lowest BCUT2D eigenvalue weighted by molar-refractivity contribution is -0.117. The van der Waals surface area contributed by atoms with Crippen LogP contribution in [0, 0.1) is 23.7 Å². The number of carbonyl (C=O) groups excluding carboxylic acids is 1. The maximum atomic E-state index is 10.2. The van der Waals surface area contributed by atoms with Gasteiger partial charge in [-0.25, -0.2) is 0 Å². The van der Waals surface area contributed by atoms with Crippen molar-refractivity contribution in [3.05, 3.63) is 0 Å². The summed E-state index contributed by atoms with van der Waals surface area (Å²) in [6.45, 7) is 0. The Labute approximate surface area is 124 Å². The molecular weight excluding hydrogens is 244 g/mol. The molecule has 0 aromatic carbocycles. The van der Waals surface area contributed by atoms with Gasteiger partial charge in [0.15, 0.2) is 0 Å². The van der Waals surface area contributed by atoms with Crippen molar-refractivity contribution < 1.29 is 4.79 Å². The second-order valence-corrected chi connectivity index (χ2v) is 7.74. The Morgan fingerprint density at radius 1 is 0.550 bits per heavy atom. The molecule has 0 spiro atoms. The molecule has 4 aliphatic rings. The topological polar surface area (TPSA) is 17.1 Å². The molecule has 4 aliphatic carbocycles. The van der Waals surface area contributed by atoms with Gasteiger partial charge in [0.25, 0.3) is 0 Å². The molecule has 4 fully saturated rings. The summed E-state index contributed by atoms with van der Waals surface area (Å²) in [6, 6.07) is 0. The van der Waals surface area contributed by atoms with Crippen LogP contribution in [0.5, 0.6) is 0 Å². The van der Waals surface area contributed by atoms with E-state index in [1.807, 2.05) is 0 Å². The molecule has 4 rings (SSSR count). The highest BCUT2D eigenvalue weighted by Gasteiger charge is 2.40. The molecule has 4 unspecified atom stereocenters. The predicted octanol–water partition coefficient (Wildman–Crippen LogP) is 5.52. The highest BCUT2D eigenvalue weighted by molar-refractivity contribution is 5.80. The van der Waals surface area contributed by atoms with Gasteiger partial charge >= 0.3 is 0 Å². The average molecular weight is 276 g/mol. The van der Waals surface area contributed by atoms with E-state index in [9.17, 15) is 4.79 Å². The van der Waals surface area contributed by atoms with E-state index in [1.165, 1.54) is 11.8 Å². The summed E-state index contributed by atoms with van der Waals surface area (Å²) in [5.74, 6) is 5.10. The van der Waals surface area contributed by atoms with E-state index >= 15 is 0 Å². The van der Waals surface area contributed by atoms with E-state index in [-0.39, 0.29) is 0 Å². The first-order valence-corrected chi connectivity index (χ1v) is 9.36. The fraction of sp³-hybridized carbons (Fsp3) is 0.947. The zero-order chi connectivity index (χ0) is 13.8. The van der Waals surface area contributed by atoms with E-state index in [1.54, 1.807) is 64.2 Å². The van der Waals surface area contributed by atoms with Crippen LogP contribution in [-0.4, -0.2) is 5.78 Å². The standard InChI is InChI=1S/C14H24.C5H8O/c1-3-7-13-11(5-1)9-10-12-6-2-4-8-14(12)13;6-5-3-1-2-4-5/h11-14H,1-10H2;1-4H2. The van der Waals surface area contributed by atoms with Crippen LogP contribution in [-0.2, 0) is 4.79 Å². The highest BCUT2D eigenvalue weighted by Crippen LogP contribution is 2.51. The molecule has 20 heavy (non-hydrogen) atoms. The minimum Gasteiger partial charge on any atom is -0.300 e. The minimum absolute atomic E-state index is 0.454. The first-order chi connectivity index (χ1) is 9.84. The van der Waals surface area contributed by atoms with Gasteiger partial charge in [0, 0.05) is 12.8 Å². The van der Waals surface area contributed by atoms with Crippen LogP contribution in [0.1, 0.15) is 89.9 Å². The van der Waals surface area contributed by atoms with Crippen LogP contribution >= 0.6 is 0 Å². The number of Topliss-reactive ketones (excluding diaryl/α,β-unsaturated/α-hetero) is 1. The maximum absolute atomic E-state index is 10.2. The third kappa shape index (κ3) is 3.46. The van der Waals surface area contributed by atoms with Gasteiger partial charge in [-0.3, -0.25) is 4.79 Å². The number of ketones is 1. The molecule has 0 aromatic rings. The van der Waals surface area contributed by atoms with Crippen LogP contribution in [0.15, 0.2) is 0 Å². The van der Waals surface area contributed by atoms with Gasteiger partial charge in [-0.2, -0.15) is 0 Å². The summed E-state index contributed by atoms with van der Waals surface area (Å²) >= 11 is 0. The number of carbonyl (C=O) groups is 1. The molecule has 114 valence electrons. The van der Waals surface area contributed by atoms with Gasteiger partial charge in [0.05, 0.1) is 0 Å². The molecule has 4 saturated carbocycles. The molecule has 4 atom stereocenters. The number of hydrogen-bond donors (Lipinski definition) is 0. The number of rotatable bonds is 0. The van der Waals surface area contributed by atoms with E-state index < -0.39 is 0 Å². The van der Waals surface area contributed by atoms with Gasteiger partial charge in [0.1, 0.15) is 5.78 Å². The third-order valence-corrected chi connectivity index (χ3v) is 6.56. The van der Waals surface area contributed by atoms with Gasteiger partial charge in [-0.15, -0.1) is 0 Å². The average Bonchev–Trinajstić information content (AvgIpc) is 2.99. The normalized spacial score (nSPS) is 40.3. The van der Waals surface area contributed by atoms with Crippen molar-refractivity contribution in [3.8, 4) is 0 Å². The monoisotopic (exact) mass is 276 g/mol. The van der Waals surface area contributed by atoms with Crippen molar-refractivity contribution in [3.63, 3.8) is 0 Å². The Kier molecular flexibility index (Phi) is 5.18. The third-order valence-electron chi connectivity index (χ3n) is 6.56. The van der Waals surface area contributed by atoms with Crippen LogP contribution < -0.4 is 0 Å². The molecule has 1 nitrogen and oxygen atoms in total. The minimum atomic E-state index is 0.454. The van der Waals surface area contributed by atoms with Crippen molar-refractivity contribution in [2.24, 2.45) is 23.7 Å². The Balaban J connectivity index is 0.000000170. The SMILES string of the molecule is C1CCC2C(C1)CCC1CCCCC12.O=C1CCCC1. The Bertz CT molecular complexity index is 292. The lowest BCUT2D eigenvalue weighted by Gasteiger charge is -2.48. The molecule has 0 radical (unpaired) electrons. The van der Waals surface area contributed by atoms with Gasteiger partial charge in [0.2, 0.25) is 0 Å². The second-order valence-electron chi connectivity index (χ2n) is 7.74. The van der Waals surface area contributed by atoms with E-state index in [0.29, 0.717) is 5.78 Å². The largest absolute Gasteiger partial charge is 0.300 e. The maximum Gasteiger partial charge on any atom is 0.132 e. The zero-order valence-corrected chi connectivity index (χ0v) is 13.1. The van der Waals surface area contributed by atoms with Crippen molar-refractivity contribution in [1.82, 2.24) is 0 Å². The number of hydrogen-bond acceptors (Lipinski definition) is 1. The summed E-state index contributed by atoms with van der Waals surface area (Å²) in [4.78, 5) is 10.2. The van der Waals surface area contributed by atoms with Crippen molar-refractivity contribution >= 4 is 5.78 Å². The lowest BCUT2D eigenvalue weighted by Crippen LogP contribution is -2.38. The first-order valence-electron chi connectivity index (χ1n) is 9.36. The van der Waals surface area contributed by atoms with Crippen LogP contribution in [0.4, 0.5) is 0 Å². The fourth-order valence-electron chi connectivity index (χ4n) is 5.51. The van der Waals surface area contributed by atoms with E-state index in [4.69, 9.17) is 0 Å². The Morgan fingerprint density at radius 2 is 1.00 bits per heavy atom. The molecule has 0 aliphatic heterocycles. The second kappa shape index (κ2) is 7.09. The molecule has 0 amide bonds. The van der Waals surface area contributed by atoms with Crippen molar-refractivity contribution in [1.29, 1.82) is 0 Å². The molecule has 0 heterocycles. The molecule has 0 N–H and O–H groups in total. The Hall–Kier alpha value is -0.330. The van der Waals surface area contributed by atoms with Crippen LogP contribution in [0.25, 0.3) is 0 Å². The molecule has 1 heteroatoms. The van der Waals surface area contributed by atoms with Gasteiger partial charge in [-0.1, -0.05) is 38.5 Å². The molecule has 0 saturated heterocycles. The highest BCUT2D eigenvalue weighted by atomic mass is 16.1. The summed E-state index contributed by atoms with van der Waals surface area (Å²) in [5.41, 5.74) is 0. The fourth-order valence-corrected chi connectivity index (χ4v) is 5.51. The summed E-state index contributed by atoms with van der Waals surface area (Å²) < 4.78 is 0. The molecular formula is C19H32O. The zero-order valence-electron chi connectivity index (χ0n) is 13.1. The van der Waals surface area contributed by atoms with E-state index in [2.05, 4.69) is 0 Å².